The van der Waals surface area contributed by atoms with Crippen LogP contribution in [0.2, 0.25) is 5.02 Å². The quantitative estimate of drug-likeness (QED) is 0.903. The van der Waals surface area contributed by atoms with Gasteiger partial charge in [0.1, 0.15) is 0 Å². The Morgan fingerprint density at radius 3 is 2.87 bits per heavy atom. The van der Waals surface area contributed by atoms with E-state index in [1.54, 1.807) is 6.07 Å². The third kappa shape index (κ3) is 4.33. The molecule has 0 saturated heterocycles. The van der Waals surface area contributed by atoms with Crippen molar-refractivity contribution in [2.75, 3.05) is 13.1 Å². The SMILES string of the molecule is CCNCC(=O)Cc1ccc(Br)cc1Cl. The van der Waals surface area contributed by atoms with E-state index in [0.29, 0.717) is 18.0 Å². The van der Waals surface area contributed by atoms with Crippen LogP contribution in [0.15, 0.2) is 22.7 Å². The van der Waals surface area contributed by atoms with Crippen molar-refractivity contribution in [2.45, 2.75) is 13.3 Å². The molecule has 0 radical (unpaired) electrons. The maximum absolute atomic E-state index is 11.5. The summed E-state index contributed by atoms with van der Waals surface area (Å²) in [6, 6.07) is 5.56. The molecule has 0 aliphatic carbocycles. The number of carbonyl (C=O) groups excluding carboxylic acids is 1. The van der Waals surface area contributed by atoms with E-state index in [1.165, 1.54) is 0 Å². The third-order valence-corrected chi connectivity index (χ3v) is 2.82. The Bertz CT molecular complexity index is 354. The molecule has 0 aliphatic rings. The van der Waals surface area contributed by atoms with Gasteiger partial charge in [-0.25, -0.2) is 0 Å². The summed E-state index contributed by atoms with van der Waals surface area (Å²) < 4.78 is 0.926. The molecule has 2 nitrogen and oxygen atoms in total. The molecular weight excluding hydrogens is 277 g/mol. The highest BCUT2D eigenvalue weighted by molar-refractivity contribution is 9.10. The number of benzene rings is 1. The van der Waals surface area contributed by atoms with Crippen LogP contribution in [-0.4, -0.2) is 18.9 Å². The Morgan fingerprint density at radius 2 is 2.27 bits per heavy atom. The summed E-state index contributed by atoms with van der Waals surface area (Å²) in [6.45, 7) is 3.18. The van der Waals surface area contributed by atoms with Crippen LogP contribution in [-0.2, 0) is 11.2 Å². The highest BCUT2D eigenvalue weighted by Crippen LogP contribution is 2.21. The molecule has 82 valence electrons. The number of hydrogen-bond acceptors (Lipinski definition) is 2. The van der Waals surface area contributed by atoms with E-state index < -0.39 is 0 Å². The van der Waals surface area contributed by atoms with Gasteiger partial charge >= 0.3 is 0 Å². The van der Waals surface area contributed by atoms with Crippen LogP contribution in [0.5, 0.6) is 0 Å². The van der Waals surface area contributed by atoms with Gasteiger partial charge in [0.05, 0.1) is 6.54 Å². The number of nitrogens with one attached hydrogen (secondary N) is 1. The Morgan fingerprint density at radius 1 is 1.53 bits per heavy atom. The molecule has 0 heterocycles. The molecule has 0 unspecified atom stereocenters. The summed E-state index contributed by atoms with van der Waals surface area (Å²) >= 11 is 9.33. The fourth-order valence-corrected chi connectivity index (χ4v) is 1.94. The first kappa shape index (κ1) is 12.7. The maximum atomic E-state index is 11.5. The van der Waals surface area contributed by atoms with Gasteiger partial charge in [0.2, 0.25) is 0 Å². The minimum absolute atomic E-state index is 0.154. The van der Waals surface area contributed by atoms with E-state index in [1.807, 2.05) is 19.1 Å². The number of likely N-dealkylation sites (N-methyl/N-ethyl adjacent to an activating group) is 1. The fraction of sp³-hybridized carbons (Fsp3) is 0.364. The predicted molar refractivity (Wildman–Crippen MR) is 66.4 cm³/mol. The van der Waals surface area contributed by atoms with Gasteiger partial charge < -0.3 is 5.32 Å². The van der Waals surface area contributed by atoms with Crippen LogP contribution in [0.4, 0.5) is 0 Å². The van der Waals surface area contributed by atoms with Crippen molar-refractivity contribution in [3.63, 3.8) is 0 Å². The van der Waals surface area contributed by atoms with Crippen LogP contribution in [0.3, 0.4) is 0 Å². The Balaban J connectivity index is 2.60. The molecule has 0 aliphatic heterocycles. The molecule has 0 fully saturated rings. The number of hydrogen-bond donors (Lipinski definition) is 1. The van der Waals surface area contributed by atoms with E-state index in [-0.39, 0.29) is 5.78 Å². The predicted octanol–water partition coefficient (Wildman–Crippen LogP) is 2.82. The van der Waals surface area contributed by atoms with Gasteiger partial charge in [-0.05, 0) is 24.2 Å². The minimum atomic E-state index is 0.154. The van der Waals surface area contributed by atoms with E-state index in [0.717, 1.165) is 16.6 Å². The molecule has 1 N–H and O–H groups in total. The molecule has 0 bridgehead atoms. The molecule has 0 atom stereocenters. The number of carbonyl (C=O) groups is 1. The summed E-state index contributed by atoms with van der Waals surface area (Å²) in [6.07, 6.45) is 0.388. The Labute approximate surface area is 103 Å². The lowest BCUT2D eigenvalue weighted by Gasteiger charge is -2.04. The molecule has 1 aromatic rings. The zero-order chi connectivity index (χ0) is 11.3. The zero-order valence-electron chi connectivity index (χ0n) is 8.52. The second-order valence-corrected chi connectivity index (χ2v) is 4.55. The van der Waals surface area contributed by atoms with Gasteiger partial charge in [-0.3, -0.25) is 4.79 Å². The highest BCUT2D eigenvalue weighted by atomic mass is 79.9. The maximum Gasteiger partial charge on any atom is 0.151 e. The molecule has 1 rings (SSSR count). The second kappa shape index (κ2) is 6.26. The van der Waals surface area contributed by atoms with Gasteiger partial charge in [0.25, 0.3) is 0 Å². The lowest BCUT2D eigenvalue weighted by Crippen LogP contribution is -2.23. The summed E-state index contributed by atoms with van der Waals surface area (Å²) in [5, 5.41) is 3.63. The Kier molecular flexibility index (Phi) is 5.29. The van der Waals surface area contributed by atoms with Crippen molar-refractivity contribution < 1.29 is 4.79 Å². The van der Waals surface area contributed by atoms with Gasteiger partial charge in [-0.1, -0.05) is 40.5 Å². The summed E-state index contributed by atoms with van der Waals surface area (Å²) in [7, 11) is 0. The van der Waals surface area contributed by atoms with Crippen molar-refractivity contribution in [3.8, 4) is 0 Å². The summed E-state index contributed by atoms with van der Waals surface area (Å²) in [5.74, 6) is 0.154. The van der Waals surface area contributed by atoms with Crippen LogP contribution in [0.1, 0.15) is 12.5 Å². The van der Waals surface area contributed by atoms with E-state index in [9.17, 15) is 4.79 Å². The highest BCUT2D eigenvalue weighted by Gasteiger charge is 2.06. The molecule has 0 aromatic heterocycles. The first-order valence-electron chi connectivity index (χ1n) is 4.79. The molecular formula is C11H13BrClNO. The summed E-state index contributed by atoms with van der Waals surface area (Å²) in [5.41, 5.74) is 0.878. The number of ketones is 1. The lowest BCUT2D eigenvalue weighted by molar-refractivity contribution is -0.117. The molecule has 0 saturated carbocycles. The van der Waals surface area contributed by atoms with E-state index in [4.69, 9.17) is 11.6 Å². The first-order chi connectivity index (χ1) is 7.13. The van der Waals surface area contributed by atoms with Crippen LogP contribution in [0, 0.1) is 0 Å². The van der Waals surface area contributed by atoms with Crippen LogP contribution >= 0.6 is 27.5 Å². The third-order valence-electron chi connectivity index (χ3n) is 1.97. The molecule has 15 heavy (non-hydrogen) atoms. The molecule has 1 aromatic carbocycles. The standard InChI is InChI=1S/C11H13BrClNO/c1-2-14-7-10(15)5-8-3-4-9(12)6-11(8)13/h3-4,6,14H,2,5,7H2,1H3. The largest absolute Gasteiger partial charge is 0.310 e. The van der Waals surface area contributed by atoms with Gasteiger partial charge in [-0.15, -0.1) is 0 Å². The van der Waals surface area contributed by atoms with Gasteiger partial charge in [0.15, 0.2) is 5.78 Å². The van der Waals surface area contributed by atoms with Crippen molar-refractivity contribution in [1.29, 1.82) is 0 Å². The van der Waals surface area contributed by atoms with E-state index in [2.05, 4.69) is 21.2 Å². The second-order valence-electron chi connectivity index (χ2n) is 3.23. The molecule has 0 spiro atoms. The molecule has 0 amide bonds. The fourth-order valence-electron chi connectivity index (χ4n) is 1.20. The minimum Gasteiger partial charge on any atom is -0.310 e. The van der Waals surface area contributed by atoms with Crippen LogP contribution in [0.25, 0.3) is 0 Å². The average molecular weight is 291 g/mol. The smallest absolute Gasteiger partial charge is 0.151 e. The summed E-state index contributed by atoms with van der Waals surface area (Å²) in [4.78, 5) is 11.5. The normalized spacial score (nSPS) is 10.3. The van der Waals surface area contributed by atoms with Crippen molar-refractivity contribution in [3.05, 3.63) is 33.3 Å². The van der Waals surface area contributed by atoms with Gasteiger partial charge in [-0.2, -0.15) is 0 Å². The molecule has 4 heteroatoms. The van der Waals surface area contributed by atoms with Crippen molar-refractivity contribution in [1.82, 2.24) is 5.32 Å². The average Bonchev–Trinajstić information content (AvgIpc) is 2.19. The first-order valence-corrected chi connectivity index (χ1v) is 5.97. The number of halogens is 2. The Hall–Kier alpha value is -0.380. The monoisotopic (exact) mass is 289 g/mol. The number of Topliss-reactive ketones (excluding diaryl/α,β-unsaturated/α-hetero) is 1. The van der Waals surface area contributed by atoms with E-state index >= 15 is 0 Å². The zero-order valence-corrected chi connectivity index (χ0v) is 10.9. The lowest BCUT2D eigenvalue weighted by atomic mass is 10.1. The number of rotatable bonds is 5. The topological polar surface area (TPSA) is 29.1 Å². The van der Waals surface area contributed by atoms with Crippen molar-refractivity contribution in [2.24, 2.45) is 0 Å². The van der Waals surface area contributed by atoms with Crippen molar-refractivity contribution >= 4 is 33.3 Å². The van der Waals surface area contributed by atoms with Crippen LogP contribution < -0.4 is 5.32 Å². The van der Waals surface area contributed by atoms with Gasteiger partial charge in [0, 0.05) is 15.9 Å².